The number of halogens is 4. The van der Waals surface area contributed by atoms with Crippen molar-refractivity contribution in [3.63, 3.8) is 0 Å². The molecule has 1 aromatic carbocycles. The van der Waals surface area contributed by atoms with E-state index in [1.165, 1.54) is 12.8 Å². The fourth-order valence-electron chi connectivity index (χ4n) is 2.99. The zero-order valence-corrected chi connectivity index (χ0v) is 16.2. The van der Waals surface area contributed by atoms with Crippen LogP contribution in [0.1, 0.15) is 30.9 Å². The molecule has 1 aliphatic carbocycles. The molecule has 126 valence electrons. The van der Waals surface area contributed by atoms with Gasteiger partial charge in [0.2, 0.25) is 0 Å². The zero-order chi connectivity index (χ0) is 14.1. The number of hydrogen-bond donors (Lipinski definition) is 2. The van der Waals surface area contributed by atoms with Gasteiger partial charge in [-0.1, -0.05) is 24.4 Å². The van der Waals surface area contributed by atoms with E-state index < -0.39 is 0 Å². The van der Waals surface area contributed by atoms with Gasteiger partial charge in [0.25, 0.3) is 0 Å². The molecule has 3 nitrogen and oxygen atoms in total. The van der Waals surface area contributed by atoms with E-state index >= 15 is 0 Å². The van der Waals surface area contributed by atoms with E-state index in [-0.39, 0.29) is 30.9 Å². The number of rotatable bonds is 4. The molecule has 1 saturated carbocycles. The molecule has 1 atom stereocenters. The van der Waals surface area contributed by atoms with Gasteiger partial charge in [-0.15, -0.1) is 24.8 Å². The molecule has 2 aliphatic rings. The number of aromatic hydroxyl groups is 1. The van der Waals surface area contributed by atoms with Crippen LogP contribution in [0.2, 0.25) is 5.02 Å². The van der Waals surface area contributed by atoms with Crippen molar-refractivity contribution in [1.29, 1.82) is 0 Å². The van der Waals surface area contributed by atoms with Crippen LogP contribution in [-0.2, 0) is 0 Å². The third-order valence-corrected chi connectivity index (χ3v) is 5.26. The highest BCUT2D eigenvalue weighted by molar-refractivity contribution is 9.10. The van der Waals surface area contributed by atoms with Gasteiger partial charge in [0, 0.05) is 42.8 Å². The minimum Gasteiger partial charge on any atom is -0.506 e. The summed E-state index contributed by atoms with van der Waals surface area (Å²) in [5.74, 6) is 1.10. The maximum atomic E-state index is 10.4. The molecule has 1 saturated heterocycles. The molecule has 3 rings (SSSR count). The standard InChI is InChI=1S/C15H20BrClN2O.2ClH/c16-11-3-4-12(17)14(15(11)20)13(9-10-1-2-10)19-7-5-18-6-8-19;;/h3-4,10,13,18,20H,1-2,5-9H2;2*1H/t13-;;/m0../s1. The first-order valence-electron chi connectivity index (χ1n) is 7.28. The SMILES string of the molecule is Cl.Cl.Oc1c(Br)ccc(Cl)c1[C@H](CC1CC1)N1CCNCC1. The van der Waals surface area contributed by atoms with E-state index in [0.29, 0.717) is 10.8 Å². The monoisotopic (exact) mass is 430 g/mol. The van der Waals surface area contributed by atoms with Crippen LogP contribution in [-0.4, -0.2) is 36.2 Å². The Morgan fingerprint density at radius 2 is 1.91 bits per heavy atom. The molecule has 0 unspecified atom stereocenters. The van der Waals surface area contributed by atoms with Gasteiger partial charge in [0.05, 0.1) is 4.47 Å². The van der Waals surface area contributed by atoms with Gasteiger partial charge in [-0.3, -0.25) is 4.90 Å². The summed E-state index contributed by atoms with van der Waals surface area (Å²) in [5.41, 5.74) is 0.898. The summed E-state index contributed by atoms with van der Waals surface area (Å²) in [7, 11) is 0. The van der Waals surface area contributed by atoms with Crippen LogP contribution in [0.4, 0.5) is 0 Å². The van der Waals surface area contributed by atoms with E-state index in [9.17, 15) is 5.11 Å². The predicted octanol–water partition coefficient (Wildman–Crippen LogP) is 4.40. The first kappa shape index (κ1) is 20.3. The molecule has 22 heavy (non-hydrogen) atoms. The van der Waals surface area contributed by atoms with Crippen molar-refractivity contribution in [2.75, 3.05) is 26.2 Å². The fourth-order valence-corrected chi connectivity index (χ4v) is 3.61. The zero-order valence-electron chi connectivity index (χ0n) is 12.2. The topological polar surface area (TPSA) is 35.5 Å². The van der Waals surface area contributed by atoms with Crippen molar-refractivity contribution in [3.8, 4) is 5.75 Å². The molecule has 0 radical (unpaired) electrons. The Balaban J connectivity index is 0.00000121. The van der Waals surface area contributed by atoms with Crippen LogP contribution in [0.15, 0.2) is 16.6 Å². The third-order valence-electron chi connectivity index (χ3n) is 4.29. The average molecular weight is 433 g/mol. The first-order chi connectivity index (χ1) is 9.66. The Labute approximate surface area is 157 Å². The molecule has 1 aliphatic heterocycles. The second-order valence-corrected chi connectivity index (χ2v) is 7.03. The summed E-state index contributed by atoms with van der Waals surface area (Å²) in [6, 6.07) is 3.92. The van der Waals surface area contributed by atoms with Gasteiger partial charge in [0.1, 0.15) is 5.75 Å². The molecule has 2 N–H and O–H groups in total. The molecule has 7 heteroatoms. The number of benzene rings is 1. The molecule has 0 spiro atoms. The summed E-state index contributed by atoms with van der Waals surface area (Å²) < 4.78 is 0.729. The highest BCUT2D eigenvalue weighted by Crippen LogP contribution is 2.46. The molecular weight excluding hydrogens is 410 g/mol. The number of hydrogen-bond acceptors (Lipinski definition) is 3. The van der Waals surface area contributed by atoms with E-state index in [2.05, 4.69) is 26.1 Å². The lowest BCUT2D eigenvalue weighted by Crippen LogP contribution is -2.45. The fraction of sp³-hybridized carbons (Fsp3) is 0.600. The molecular formula is C15H22BrCl3N2O. The molecule has 2 fully saturated rings. The predicted molar refractivity (Wildman–Crippen MR) is 99.8 cm³/mol. The van der Waals surface area contributed by atoms with Gasteiger partial charge >= 0.3 is 0 Å². The van der Waals surface area contributed by atoms with Crippen molar-refractivity contribution in [2.24, 2.45) is 5.92 Å². The number of phenolic OH excluding ortho intramolecular Hbond substituents is 1. The normalized spacial score (nSPS) is 19.9. The largest absolute Gasteiger partial charge is 0.506 e. The van der Waals surface area contributed by atoms with Crippen LogP contribution in [0.25, 0.3) is 0 Å². The summed E-state index contributed by atoms with van der Waals surface area (Å²) in [5, 5.41) is 14.5. The second-order valence-electron chi connectivity index (χ2n) is 5.77. The van der Waals surface area contributed by atoms with E-state index in [1.54, 1.807) is 0 Å². The van der Waals surface area contributed by atoms with Crippen LogP contribution in [0.5, 0.6) is 5.75 Å². The first-order valence-corrected chi connectivity index (χ1v) is 8.45. The van der Waals surface area contributed by atoms with E-state index in [1.807, 2.05) is 12.1 Å². The van der Waals surface area contributed by atoms with Crippen molar-refractivity contribution in [3.05, 3.63) is 27.2 Å². The lowest BCUT2D eigenvalue weighted by atomic mass is 9.97. The molecule has 0 bridgehead atoms. The van der Waals surface area contributed by atoms with Crippen molar-refractivity contribution in [1.82, 2.24) is 10.2 Å². The summed E-state index contributed by atoms with van der Waals surface area (Å²) in [6.07, 6.45) is 3.73. The molecule has 1 heterocycles. The van der Waals surface area contributed by atoms with Crippen molar-refractivity contribution < 1.29 is 5.11 Å². The van der Waals surface area contributed by atoms with Crippen LogP contribution in [0.3, 0.4) is 0 Å². The van der Waals surface area contributed by atoms with Crippen molar-refractivity contribution >= 4 is 52.3 Å². The number of nitrogens with one attached hydrogen (secondary N) is 1. The molecule has 0 amide bonds. The van der Waals surface area contributed by atoms with Crippen molar-refractivity contribution in [2.45, 2.75) is 25.3 Å². The lowest BCUT2D eigenvalue weighted by Gasteiger charge is -2.36. The van der Waals surface area contributed by atoms with Crippen LogP contribution >= 0.6 is 52.3 Å². The minimum atomic E-state index is 0. The maximum Gasteiger partial charge on any atom is 0.136 e. The Morgan fingerprint density at radius 3 is 2.50 bits per heavy atom. The quantitative estimate of drug-likeness (QED) is 0.740. The number of nitrogens with zero attached hydrogens (tertiary/aromatic N) is 1. The lowest BCUT2D eigenvalue weighted by molar-refractivity contribution is 0.158. The van der Waals surface area contributed by atoms with Gasteiger partial charge in [-0.25, -0.2) is 0 Å². The average Bonchev–Trinajstić information content (AvgIpc) is 3.27. The van der Waals surface area contributed by atoms with Gasteiger partial charge < -0.3 is 10.4 Å². The minimum absolute atomic E-state index is 0. The second kappa shape index (κ2) is 8.95. The Morgan fingerprint density at radius 1 is 1.27 bits per heavy atom. The van der Waals surface area contributed by atoms with E-state index in [0.717, 1.165) is 48.6 Å². The highest BCUT2D eigenvalue weighted by atomic mass is 79.9. The smallest absolute Gasteiger partial charge is 0.136 e. The van der Waals surface area contributed by atoms with Gasteiger partial charge in [-0.05, 0) is 40.4 Å². The third kappa shape index (κ3) is 4.65. The Bertz CT molecular complexity index is 494. The van der Waals surface area contributed by atoms with Gasteiger partial charge in [0.15, 0.2) is 0 Å². The summed E-state index contributed by atoms with van der Waals surface area (Å²) in [4.78, 5) is 2.46. The highest BCUT2D eigenvalue weighted by Gasteiger charge is 2.33. The maximum absolute atomic E-state index is 10.4. The van der Waals surface area contributed by atoms with Crippen LogP contribution < -0.4 is 5.32 Å². The number of piperazine rings is 1. The molecule has 0 aromatic heterocycles. The Hall–Kier alpha value is 0.290. The molecule has 1 aromatic rings. The summed E-state index contributed by atoms with van der Waals surface area (Å²) >= 11 is 9.81. The summed E-state index contributed by atoms with van der Waals surface area (Å²) in [6.45, 7) is 4.04. The Kier molecular flexibility index (Phi) is 8.27. The number of phenols is 1. The van der Waals surface area contributed by atoms with Gasteiger partial charge in [-0.2, -0.15) is 0 Å². The van der Waals surface area contributed by atoms with Crippen LogP contribution in [0, 0.1) is 5.92 Å². The van der Waals surface area contributed by atoms with E-state index in [4.69, 9.17) is 11.6 Å².